The molecule has 0 amide bonds. The van der Waals surface area contributed by atoms with Crippen LogP contribution in [0.5, 0.6) is 0 Å². The summed E-state index contributed by atoms with van der Waals surface area (Å²) in [6, 6.07) is 0.292. The zero-order valence-corrected chi connectivity index (χ0v) is 8.84. The molecular weight excluding hydrogens is 150 g/mol. The van der Waals surface area contributed by atoms with Crippen molar-refractivity contribution < 1.29 is 4.74 Å². The normalized spacial score (nSPS) is 18.8. The molecule has 0 aliphatic rings. The first-order valence-electron chi connectivity index (χ1n) is 4.90. The van der Waals surface area contributed by atoms with E-state index in [1.165, 1.54) is 12.8 Å². The Morgan fingerprint density at radius 2 is 1.92 bits per heavy atom. The predicted molar refractivity (Wildman–Crippen MR) is 53.1 cm³/mol. The number of nitrogens with two attached hydrogens (primary N) is 1. The Labute approximate surface area is 76.5 Å². The van der Waals surface area contributed by atoms with Gasteiger partial charge in [0.25, 0.3) is 0 Å². The van der Waals surface area contributed by atoms with Gasteiger partial charge in [0.15, 0.2) is 0 Å². The third-order valence-electron chi connectivity index (χ3n) is 2.48. The predicted octanol–water partition coefficient (Wildman–Crippen LogP) is 2.17. The monoisotopic (exact) mass is 173 g/mol. The van der Waals surface area contributed by atoms with Crippen LogP contribution in [0.1, 0.15) is 40.0 Å². The Morgan fingerprint density at radius 3 is 2.33 bits per heavy atom. The molecule has 2 nitrogen and oxygen atoms in total. The van der Waals surface area contributed by atoms with Crippen molar-refractivity contribution in [3.05, 3.63) is 0 Å². The van der Waals surface area contributed by atoms with Gasteiger partial charge in [-0.25, -0.2) is 0 Å². The molecule has 3 atom stereocenters. The molecule has 0 radical (unpaired) electrons. The largest absolute Gasteiger partial charge is 0.382 e. The Bertz CT molecular complexity index is 106. The lowest BCUT2D eigenvalue weighted by Gasteiger charge is -2.21. The van der Waals surface area contributed by atoms with Gasteiger partial charge in [0, 0.05) is 13.2 Å². The molecule has 0 saturated carbocycles. The summed E-state index contributed by atoms with van der Waals surface area (Å²) in [6.07, 6.45) is 3.70. The summed E-state index contributed by atoms with van der Waals surface area (Å²) < 4.78 is 5.17. The Hall–Kier alpha value is -0.0800. The lowest BCUT2D eigenvalue weighted by Crippen LogP contribution is -2.32. The average molecular weight is 173 g/mol. The van der Waals surface area contributed by atoms with Gasteiger partial charge in [-0.05, 0) is 25.7 Å². The molecule has 3 unspecified atom stereocenters. The van der Waals surface area contributed by atoms with Crippen LogP contribution in [0.3, 0.4) is 0 Å². The topological polar surface area (TPSA) is 35.2 Å². The summed E-state index contributed by atoms with van der Waals surface area (Å²) >= 11 is 0. The third-order valence-corrected chi connectivity index (χ3v) is 2.48. The van der Waals surface area contributed by atoms with Crippen molar-refractivity contribution >= 4 is 0 Å². The summed E-state index contributed by atoms with van der Waals surface area (Å²) in [4.78, 5) is 0. The molecule has 0 spiro atoms. The van der Waals surface area contributed by atoms with E-state index in [1.807, 2.05) is 0 Å². The highest BCUT2D eigenvalue weighted by Gasteiger charge is 2.14. The fourth-order valence-corrected chi connectivity index (χ4v) is 1.38. The minimum Gasteiger partial charge on any atom is -0.382 e. The number of ether oxygens (including phenoxy) is 1. The lowest BCUT2D eigenvalue weighted by atomic mass is 9.93. The highest BCUT2D eigenvalue weighted by molar-refractivity contribution is 4.71. The van der Waals surface area contributed by atoms with E-state index in [2.05, 4.69) is 20.8 Å². The van der Waals surface area contributed by atoms with E-state index in [0.717, 1.165) is 6.42 Å². The van der Waals surface area contributed by atoms with E-state index in [-0.39, 0.29) is 0 Å². The summed E-state index contributed by atoms with van der Waals surface area (Å²) in [5.41, 5.74) is 6.00. The van der Waals surface area contributed by atoms with Crippen LogP contribution in [0.15, 0.2) is 0 Å². The standard InChI is InChI=1S/C10H23NO/c1-5-6-8(2)10(11)7-9(3)12-4/h8-10H,5-7,11H2,1-4H3. The molecule has 0 aliphatic carbocycles. The molecule has 0 rings (SSSR count). The molecule has 2 heteroatoms. The van der Waals surface area contributed by atoms with Crippen LogP contribution in [0.2, 0.25) is 0 Å². The van der Waals surface area contributed by atoms with E-state index >= 15 is 0 Å². The van der Waals surface area contributed by atoms with Gasteiger partial charge in [-0.15, -0.1) is 0 Å². The zero-order chi connectivity index (χ0) is 9.56. The Kier molecular flexibility index (Phi) is 6.39. The molecule has 0 fully saturated rings. The van der Waals surface area contributed by atoms with Crippen molar-refractivity contribution in [3.8, 4) is 0 Å². The van der Waals surface area contributed by atoms with Crippen LogP contribution in [-0.4, -0.2) is 19.3 Å². The van der Waals surface area contributed by atoms with Gasteiger partial charge in [-0.1, -0.05) is 20.3 Å². The number of hydrogen-bond donors (Lipinski definition) is 1. The summed E-state index contributed by atoms with van der Waals surface area (Å²) in [5, 5.41) is 0. The van der Waals surface area contributed by atoms with Crippen LogP contribution >= 0.6 is 0 Å². The van der Waals surface area contributed by atoms with Crippen molar-refractivity contribution in [2.75, 3.05) is 7.11 Å². The Morgan fingerprint density at radius 1 is 1.33 bits per heavy atom. The minimum absolute atomic E-state index is 0.291. The summed E-state index contributed by atoms with van der Waals surface area (Å²) in [6.45, 7) is 6.48. The van der Waals surface area contributed by atoms with Crippen LogP contribution in [0.25, 0.3) is 0 Å². The maximum Gasteiger partial charge on any atom is 0.0558 e. The van der Waals surface area contributed by atoms with E-state index in [4.69, 9.17) is 10.5 Å². The maximum absolute atomic E-state index is 6.00. The second-order valence-corrected chi connectivity index (χ2v) is 3.71. The average Bonchev–Trinajstić information content (AvgIpc) is 2.04. The Balaban J connectivity index is 3.62. The molecule has 12 heavy (non-hydrogen) atoms. The van der Waals surface area contributed by atoms with Gasteiger partial charge in [0.2, 0.25) is 0 Å². The summed E-state index contributed by atoms with van der Waals surface area (Å²) in [5.74, 6) is 0.618. The van der Waals surface area contributed by atoms with Crippen molar-refractivity contribution in [1.29, 1.82) is 0 Å². The fourth-order valence-electron chi connectivity index (χ4n) is 1.38. The maximum atomic E-state index is 6.00. The van der Waals surface area contributed by atoms with Gasteiger partial charge in [-0.3, -0.25) is 0 Å². The highest BCUT2D eigenvalue weighted by Crippen LogP contribution is 2.13. The van der Waals surface area contributed by atoms with Crippen molar-refractivity contribution in [3.63, 3.8) is 0 Å². The smallest absolute Gasteiger partial charge is 0.0558 e. The second kappa shape index (κ2) is 6.44. The molecule has 0 aromatic carbocycles. The van der Waals surface area contributed by atoms with Crippen LogP contribution in [-0.2, 0) is 4.74 Å². The number of rotatable bonds is 6. The molecule has 0 saturated heterocycles. The molecule has 74 valence electrons. The minimum atomic E-state index is 0.291. The van der Waals surface area contributed by atoms with Gasteiger partial charge in [0.1, 0.15) is 0 Å². The van der Waals surface area contributed by atoms with Gasteiger partial charge >= 0.3 is 0 Å². The van der Waals surface area contributed by atoms with Crippen molar-refractivity contribution in [2.24, 2.45) is 11.7 Å². The second-order valence-electron chi connectivity index (χ2n) is 3.71. The molecular formula is C10H23NO. The van der Waals surface area contributed by atoms with E-state index < -0.39 is 0 Å². The first kappa shape index (κ1) is 11.9. The molecule has 0 aliphatic heterocycles. The molecule has 0 aromatic rings. The summed E-state index contributed by atoms with van der Waals surface area (Å²) in [7, 11) is 1.74. The van der Waals surface area contributed by atoms with E-state index in [0.29, 0.717) is 18.1 Å². The van der Waals surface area contributed by atoms with Gasteiger partial charge in [-0.2, -0.15) is 0 Å². The molecule has 0 heterocycles. The van der Waals surface area contributed by atoms with E-state index in [9.17, 15) is 0 Å². The SMILES string of the molecule is CCCC(C)C(N)CC(C)OC. The first-order valence-corrected chi connectivity index (χ1v) is 4.90. The number of methoxy groups -OCH3 is 1. The van der Waals surface area contributed by atoms with Crippen molar-refractivity contribution in [2.45, 2.75) is 52.2 Å². The fraction of sp³-hybridized carbons (Fsp3) is 1.00. The van der Waals surface area contributed by atoms with Crippen LogP contribution in [0, 0.1) is 5.92 Å². The van der Waals surface area contributed by atoms with Crippen LogP contribution in [0.4, 0.5) is 0 Å². The van der Waals surface area contributed by atoms with E-state index in [1.54, 1.807) is 7.11 Å². The van der Waals surface area contributed by atoms with Gasteiger partial charge < -0.3 is 10.5 Å². The molecule has 0 bridgehead atoms. The van der Waals surface area contributed by atoms with Gasteiger partial charge in [0.05, 0.1) is 6.10 Å². The quantitative estimate of drug-likeness (QED) is 0.668. The molecule has 0 aromatic heterocycles. The third kappa shape index (κ3) is 4.73. The van der Waals surface area contributed by atoms with Crippen molar-refractivity contribution in [1.82, 2.24) is 0 Å². The highest BCUT2D eigenvalue weighted by atomic mass is 16.5. The first-order chi connectivity index (χ1) is 5.61. The van der Waals surface area contributed by atoms with Crippen LogP contribution < -0.4 is 5.73 Å². The zero-order valence-electron chi connectivity index (χ0n) is 8.84. The number of hydrogen-bond acceptors (Lipinski definition) is 2. The lowest BCUT2D eigenvalue weighted by molar-refractivity contribution is 0.0981. The molecule has 2 N–H and O–H groups in total.